The Kier molecular flexibility index (Phi) is 4.86. The molecule has 3 nitrogen and oxygen atoms in total. The summed E-state index contributed by atoms with van der Waals surface area (Å²) in [5, 5.41) is 0. The molecule has 2 heterocycles. The van der Waals surface area contributed by atoms with Crippen molar-refractivity contribution in [1.82, 2.24) is 9.97 Å². The number of hydrogen-bond donors (Lipinski definition) is 0. The van der Waals surface area contributed by atoms with Crippen LogP contribution in [0.5, 0.6) is 0 Å². The van der Waals surface area contributed by atoms with E-state index in [2.05, 4.69) is 9.97 Å². The molecule has 0 aliphatic heterocycles. The van der Waals surface area contributed by atoms with E-state index in [1.807, 2.05) is 13.8 Å². The molecule has 0 fully saturated rings. The fourth-order valence-electron chi connectivity index (χ4n) is 1.13. The van der Waals surface area contributed by atoms with Crippen molar-refractivity contribution in [1.29, 1.82) is 0 Å². The summed E-state index contributed by atoms with van der Waals surface area (Å²) in [4.78, 5) is 19.7. The molecule has 82 valence electrons. The zero-order chi connectivity index (χ0) is 11.8. The van der Waals surface area contributed by atoms with Gasteiger partial charge in [-0.3, -0.25) is 14.8 Å². The highest BCUT2D eigenvalue weighted by molar-refractivity contribution is 6.06. The van der Waals surface area contributed by atoms with E-state index in [1.54, 1.807) is 48.8 Å². The van der Waals surface area contributed by atoms with Crippen LogP contribution in [0.25, 0.3) is 0 Å². The molecule has 0 saturated heterocycles. The monoisotopic (exact) mass is 214 g/mol. The Balaban J connectivity index is 0.000000606. The lowest BCUT2D eigenvalue weighted by Gasteiger charge is -1.97. The van der Waals surface area contributed by atoms with Crippen molar-refractivity contribution in [3.05, 3.63) is 60.2 Å². The second kappa shape index (κ2) is 6.45. The number of carbonyl (C=O) groups is 1. The molecule has 16 heavy (non-hydrogen) atoms. The molecule has 3 heteroatoms. The van der Waals surface area contributed by atoms with Gasteiger partial charge in [-0.2, -0.15) is 0 Å². The van der Waals surface area contributed by atoms with Crippen LogP contribution in [0, 0.1) is 0 Å². The van der Waals surface area contributed by atoms with E-state index in [9.17, 15) is 4.79 Å². The van der Waals surface area contributed by atoms with E-state index in [0.29, 0.717) is 11.4 Å². The number of rotatable bonds is 2. The SMILES string of the molecule is CC.O=C(c1ccccn1)c1ccccn1. The van der Waals surface area contributed by atoms with E-state index < -0.39 is 0 Å². The van der Waals surface area contributed by atoms with Gasteiger partial charge in [-0.05, 0) is 24.3 Å². The molecule has 0 bridgehead atoms. The largest absolute Gasteiger partial charge is 0.285 e. The smallest absolute Gasteiger partial charge is 0.229 e. The van der Waals surface area contributed by atoms with E-state index in [1.165, 1.54) is 0 Å². The van der Waals surface area contributed by atoms with Gasteiger partial charge in [0.2, 0.25) is 5.78 Å². The normalized spacial score (nSPS) is 8.88. The number of hydrogen-bond acceptors (Lipinski definition) is 3. The molecule has 0 spiro atoms. The molecule has 0 radical (unpaired) electrons. The molecule has 2 rings (SSSR count). The first kappa shape index (κ1) is 12.0. The molecule has 0 N–H and O–H groups in total. The Bertz CT molecular complexity index is 385. The summed E-state index contributed by atoms with van der Waals surface area (Å²) in [5.41, 5.74) is 0.845. The van der Waals surface area contributed by atoms with Crippen LogP contribution in [-0.2, 0) is 0 Å². The molecular weight excluding hydrogens is 200 g/mol. The second-order valence-corrected chi connectivity index (χ2v) is 2.76. The van der Waals surface area contributed by atoms with Crippen molar-refractivity contribution in [3.63, 3.8) is 0 Å². The maximum atomic E-state index is 11.7. The van der Waals surface area contributed by atoms with Crippen LogP contribution in [0.3, 0.4) is 0 Å². The number of aromatic nitrogens is 2. The van der Waals surface area contributed by atoms with Crippen molar-refractivity contribution < 1.29 is 4.79 Å². The van der Waals surface area contributed by atoms with Crippen LogP contribution in [0.4, 0.5) is 0 Å². The van der Waals surface area contributed by atoms with Crippen LogP contribution in [-0.4, -0.2) is 15.8 Å². The lowest BCUT2D eigenvalue weighted by Crippen LogP contribution is -2.05. The molecule has 0 saturated carbocycles. The summed E-state index contributed by atoms with van der Waals surface area (Å²) in [5.74, 6) is -0.147. The minimum atomic E-state index is -0.147. The summed E-state index contributed by atoms with van der Waals surface area (Å²) in [6.45, 7) is 4.00. The van der Waals surface area contributed by atoms with Crippen LogP contribution in [0.2, 0.25) is 0 Å². The fourth-order valence-corrected chi connectivity index (χ4v) is 1.13. The summed E-state index contributed by atoms with van der Waals surface area (Å²) >= 11 is 0. The van der Waals surface area contributed by atoms with Gasteiger partial charge >= 0.3 is 0 Å². The maximum absolute atomic E-state index is 11.7. The Labute approximate surface area is 95.2 Å². The van der Waals surface area contributed by atoms with Gasteiger partial charge < -0.3 is 0 Å². The minimum Gasteiger partial charge on any atom is -0.285 e. The molecule has 0 aliphatic carbocycles. The van der Waals surface area contributed by atoms with Crippen LogP contribution in [0.1, 0.15) is 30.0 Å². The van der Waals surface area contributed by atoms with Gasteiger partial charge in [0.15, 0.2) is 0 Å². The molecule has 0 unspecified atom stereocenters. The van der Waals surface area contributed by atoms with E-state index >= 15 is 0 Å². The number of nitrogens with zero attached hydrogens (tertiary/aromatic N) is 2. The summed E-state index contributed by atoms with van der Waals surface area (Å²) in [6, 6.07) is 10.5. The zero-order valence-electron chi connectivity index (χ0n) is 9.42. The highest BCUT2D eigenvalue weighted by atomic mass is 16.1. The lowest BCUT2D eigenvalue weighted by atomic mass is 10.2. The molecule has 0 aromatic carbocycles. The van der Waals surface area contributed by atoms with E-state index in [-0.39, 0.29) is 5.78 Å². The standard InChI is InChI=1S/C11H8N2O.C2H6/c14-11(9-5-1-3-7-12-9)10-6-2-4-8-13-10;1-2/h1-8H;1-2H3. The summed E-state index contributed by atoms with van der Waals surface area (Å²) in [6.07, 6.45) is 3.19. The van der Waals surface area contributed by atoms with Gasteiger partial charge in [0.1, 0.15) is 11.4 Å². The van der Waals surface area contributed by atoms with Crippen LogP contribution < -0.4 is 0 Å². The first-order chi connectivity index (χ1) is 7.88. The van der Waals surface area contributed by atoms with Crippen molar-refractivity contribution >= 4 is 5.78 Å². The molecule has 0 aliphatic rings. The van der Waals surface area contributed by atoms with Crippen LogP contribution in [0.15, 0.2) is 48.8 Å². The van der Waals surface area contributed by atoms with Crippen molar-refractivity contribution in [2.75, 3.05) is 0 Å². The second-order valence-electron chi connectivity index (χ2n) is 2.76. The third-order valence-corrected chi connectivity index (χ3v) is 1.80. The van der Waals surface area contributed by atoms with Gasteiger partial charge in [0.05, 0.1) is 0 Å². The molecule has 2 aromatic rings. The fraction of sp³-hybridized carbons (Fsp3) is 0.154. The van der Waals surface area contributed by atoms with Gasteiger partial charge in [0.25, 0.3) is 0 Å². The van der Waals surface area contributed by atoms with Gasteiger partial charge in [0, 0.05) is 12.4 Å². The Morgan fingerprint density at radius 2 is 1.31 bits per heavy atom. The van der Waals surface area contributed by atoms with E-state index in [0.717, 1.165) is 0 Å². The van der Waals surface area contributed by atoms with Crippen LogP contribution >= 0.6 is 0 Å². The molecular formula is C13H14N2O. The van der Waals surface area contributed by atoms with Gasteiger partial charge in [-0.15, -0.1) is 0 Å². The zero-order valence-corrected chi connectivity index (χ0v) is 9.42. The first-order valence-electron chi connectivity index (χ1n) is 5.25. The molecule has 2 aromatic heterocycles. The molecule has 0 atom stereocenters. The van der Waals surface area contributed by atoms with E-state index in [4.69, 9.17) is 0 Å². The van der Waals surface area contributed by atoms with Crippen molar-refractivity contribution in [3.8, 4) is 0 Å². The predicted molar refractivity (Wildman–Crippen MR) is 63.3 cm³/mol. The minimum absolute atomic E-state index is 0.147. The highest BCUT2D eigenvalue weighted by Crippen LogP contribution is 2.03. The average Bonchev–Trinajstić information content (AvgIpc) is 2.42. The number of ketones is 1. The molecule has 0 amide bonds. The third kappa shape index (κ3) is 2.98. The first-order valence-corrected chi connectivity index (χ1v) is 5.25. The van der Waals surface area contributed by atoms with Crippen molar-refractivity contribution in [2.24, 2.45) is 0 Å². The lowest BCUT2D eigenvalue weighted by molar-refractivity contribution is 0.103. The summed E-state index contributed by atoms with van der Waals surface area (Å²) < 4.78 is 0. The predicted octanol–water partition coefficient (Wildman–Crippen LogP) is 2.73. The quantitative estimate of drug-likeness (QED) is 0.722. The van der Waals surface area contributed by atoms with Gasteiger partial charge in [-0.1, -0.05) is 26.0 Å². The topological polar surface area (TPSA) is 42.9 Å². The Morgan fingerprint density at radius 1 is 0.875 bits per heavy atom. The maximum Gasteiger partial charge on any atom is 0.229 e. The average molecular weight is 214 g/mol. The number of pyridine rings is 2. The Morgan fingerprint density at radius 3 is 1.62 bits per heavy atom. The highest BCUT2D eigenvalue weighted by Gasteiger charge is 2.09. The Hall–Kier alpha value is -2.03. The van der Waals surface area contributed by atoms with Gasteiger partial charge in [-0.25, -0.2) is 0 Å². The summed E-state index contributed by atoms with van der Waals surface area (Å²) in [7, 11) is 0. The third-order valence-electron chi connectivity index (χ3n) is 1.80. The number of carbonyl (C=O) groups excluding carboxylic acids is 1. The van der Waals surface area contributed by atoms with Crippen molar-refractivity contribution in [2.45, 2.75) is 13.8 Å².